The number of esters is 1. The van der Waals surface area contributed by atoms with Crippen LogP contribution in [0.1, 0.15) is 47.8 Å². The number of nitrogens with one attached hydrogen (secondary N) is 2. The Kier molecular flexibility index (Phi) is 7.85. The first-order valence-corrected chi connectivity index (χ1v) is 11.6. The van der Waals surface area contributed by atoms with E-state index in [1.54, 1.807) is 72.8 Å². The number of benzene rings is 4. The van der Waals surface area contributed by atoms with E-state index in [2.05, 4.69) is 15.8 Å². The number of hydrogen-bond donors (Lipinski definition) is 2. The summed E-state index contributed by atoms with van der Waals surface area (Å²) >= 11 is 0. The van der Waals surface area contributed by atoms with Gasteiger partial charge >= 0.3 is 5.97 Å². The summed E-state index contributed by atoms with van der Waals surface area (Å²) in [7, 11) is 0. The molecule has 0 spiro atoms. The number of ether oxygens (including phenoxy) is 1. The van der Waals surface area contributed by atoms with Crippen molar-refractivity contribution in [2.75, 3.05) is 5.32 Å². The van der Waals surface area contributed by atoms with Gasteiger partial charge in [-0.3, -0.25) is 9.59 Å². The van der Waals surface area contributed by atoms with Gasteiger partial charge in [0.25, 0.3) is 11.8 Å². The van der Waals surface area contributed by atoms with Gasteiger partial charge in [0.15, 0.2) is 0 Å². The first kappa shape index (κ1) is 25.1. The molecular formula is C30H25N3O4. The molecule has 0 aliphatic rings. The molecule has 0 aliphatic carbocycles. The summed E-state index contributed by atoms with van der Waals surface area (Å²) in [6.45, 7) is 3.86. The van der Waals surface area contributed by atoms with Gasteiger partial charge in [-0.15, -0.1) is 0 Å². The zero-order valence-electron chi connectivity index (χ0n) is 20.4. The second-order valence-corrected chi connectivity index (χ2v) is 8.39. The number of rotatable bonds is 7. The van der Waals surface area contributed by atoms with Crippen LogP contribution in [0.15, 0.2) is 102 Å². The SMILES string of the molecule is Cc1ccc(C(=O)Oc2ccccc2/C=N\NC(=O)c2ccc(NC(=O)c3cccc(C)c3)cc2)cc1. The molecule has 0 aliphatic heterocycles. The molecule has 0 atom stereocenters. The van der Waals surface area contributed by atoms with Gasteiger partial charge in [0.1, 0.15) is 5.75 Å². The average Bonchev–Trinajstić information content (AvgIpc) is 2.90. The standard InChI is InChI=1S/C30H25N3O4/c1-20-10-12-23(13-11-20)30(36)37-27-9-4-3-7-25(27)19-31-33-29(35)22-14-16-26(17-15-22)32-28(34)24-8-5-6-21(2)18-24/h3-19H,1-2H3,(H,32,34)(H,33,35)/b31-19-. The zero-order valence-corrected chi connectivity index (χ0v) is 20.4. The summed E-state index contributed by atoms with van der Waals surface area (Å²) < 4.78 is 5.52. The molecule has 4 aromatic carbocycles. The topological polar surface area (TPSA) is 96.9 Å². The van der Waals surface area contributed by atoms with Gasteiger partial charge in [0, 0.05) is 22.4 Å². The fourth-order valence-corrected chi connectivity index (χ4v) is 3.45. The molecule has 7 heteroatoms. The Labute approximate surface area is 214 Å². The van der Waals surface area contributed by atoms with Gasteiger partial charge in [0.05, 0.1) is 11.8 Å². The molecule has 37 heavy (non-hydrogen) atoms. The first-order valence-electron chi connectivity index (χ1n) is 11.6. The van der Waals surface area contributed by atoms with Crippen molar-refractivity contribution in [1.29, 1.82) is 0 Å². The van der Waals surface area contributed by atoms with Crippen LogP contribution in [0.5, 0.6) is 5.75 Å². The average molecular weight is 492 g/mol. The van der Waals surface area contributed by atoms with Crippen molar-refractivity contribution in [2.24, 2.45) is 5.10 Å². The van der Waals surface area contributed by atoms with Crippen LogP contribution in [-0.4, -0.2) is 24.0 Å². The molecule has 0 aromatic heterocycles. The number of aryl methyl sites for hydroxylation is 2. The highest BCUT2D eigenvalue weighted by Gasteiger charge is 2.11. The molecule has 0 unspecified atom stereocenters. The molecule has 0 saturated carbocycles. The van der Waals surface area contributed by atoms with E-state index in [4.69, 9.17) is 4.74 Å². The van der Waals surface area contributed by atoms with Crippen molar-refractivity contribution < 1.29 is 19.1 Å². The fraction of sp³-hybridized carbons (Fsp3) is 0.0667. The fourth-order valence-electron chi connectivity index (χ4n) is 3.45. The Morgan fingerprint density at radius 1 is 0.703 bits per heavy atom. The molecule has 0 bridgehead atoms. The molecule has 4 aromatic rings. The van der Waals surface area contributed by atoms with Crippen LogP contribution in [0.25, 0.3) is 0 Å². The molecule has 7 nitrogen and oxygen atoms in total. The number of hydrogen-bond acceptors (Lipinski definition) is 5. The Hall–Kier alpha value is -5.04. The minimum absolute atomic E-state index is 0.229. The number of carbonyl (C=O) groups excluding carboxylic acids is 3. The van der Waals surface area contributed by atoms with Crippen LogP contribution in [0.4, 0.5) is 5.69 Å². The van der Waals surface area contributed by atoms with E-state index in [-0.39, 0.29) is 5.91 Å². The third kappa shape index (κ3) is 6.76. The van der Waals surface area contributed by atoms with E-state index in [0.29, 0.717) is 33.7 Å². The van der Waals surface area contributed by atoms with Crippen LogP contribution < -0.4 is 15.5 Å². The van der Waals surface area contributed by atoms with E-state index in [9.17, 15) is 14.4 Å². The number of nitrogens with zero attached hydrogens (tertiary/aromatic N) is 1. The van der Waals surface area contributed by atoms with Gasteiger partial charge in [-0.1, -0.05) is 47.5 Å². The van der Waals surface area contributed by atoms with Crippen LogP contribution in [0, 0.1) is 13.8 Å². The van der Waals surface area contributed by atoms with E-state index in [0.717, 1.165) is 11.1 Å². The highest BCUT2D eigenvalue weighted by molar-refractivity contribution is 6.04. The van der Waals surface area contributed by atoms with Gasteiger partial charge in [-0.05, 0) is 74.5 Å². The third-order valence-electron chi connectivity index (χ3n) is 5.46. The highest BCUT2D eigenvalue weighted by Crippen LogP contribution is 2.18. The summed E-state index contributed by atoms with van der Waals surface area (Å²) in [5.41, 5.74) is 6.94. The second-order valence-electron chi connectivity index (χ2n) is 8.39. The van der Waals surface area contributed by atoms with Crippen LogP contribution in [0.3, 0.4) is 0 Å². The summed E-state index contributed by atoms with van der Waals surface area (Å²) in [4.78, 5) is 37.4. The molecule has 0 fully saturated rings. The predicted octanol–water partition coefficient (Wildman–Crippen LogP) is 5.54. The lowest BCUT2D eigenvalue weighted by Gasteiger charge is -2.08. The largest absolute Gasteiger partial charge is 0.422 e. The lowest BCUT2D eigenvalue weighted by Crippen LogP contribution is -2.18. The Morgan fingerprint density at radius 3 is 2.14 bits per heavy atom. The molecule has 184 valence electrons. The van der Waals surface area contributed by atoms with Crippen molar-refractivity contribution >= 4 is 29.7 Å². The zero-order chi connectivity index (χ0) is 26.2. The van der Waals surface area contributed by atoms with Crippen LogP contribution in [0.2, 0.25) is 0 Å². The van der Waals surface area contributed by atoms with Crippen molar-refractivity contribution in [3.63, 3.8) is 0 Å². The number of hydrazone groups is 1. The third-order valence-corrected chi connectivity index (χ3v) is 5.46. The Morgan fingerprint density at radius 2 is 1.41 bits per heavy atom. The van der Waals surface area contributed by atoms with Gasteiger partial charge < -0.3 is 10.1 Å². The van der Waals surface area contributed by atoms with E-state index >= 15 is 0 Å². The minimum atomic E-state index is -0.487. The van der Waals surface area contributed by atoms with Gasteiger partial charge in [0.2, 0.25) is 0 Å². The maximum Gasteiger partial charge on any atom is 0.343 e. The van der Waals surface area contributed by atoms with Crippen molar-refractivity contribution in [2.45, 2.75) is 13.8 Å². The van der Waals surface area contributed by atoms with Crippen molar-refractivity contribution in [1.82, 2.24) is 5.43 Å². The Bertz CT molecular complexity index is 1460. The molecule has 0 radical (unpaired) electrons. The van der Waals surface area contributed by atoms with Gasteiger partial charge in [-0.25, -0.2) is 10.2 Å². The lowest BCUT2D eigenvalue weighted by molar-refractivity contribution is 0.0734. The Balaban J connectivity index is 1.35. The maximum absolute atomic E-state index is 12.5. The number of carbonyl (C=O) groups is 3. The van der Waals surface area contributed by atoms with E-state index in [1.165, 1.54) is 6.21 Å². The van der Waals surface area contributed by atoms with Gasteiger partial charge in [-0.2, -0.15) is 5.10 Å². The van der Waals surface area contributed by atoms with Crippen LogP contribution in [-0.2, 0) is 0 Å². The summed E-state index contributed by atoms with van der Waals surface area (Å²) in [6, 6.07) is 27.7. The summed E-state index contributed by atoms with van der Waals surface area (Å²) in [6.07, 6.45) is 1.41. The lowest BCUT2D eigenvalue weighted by atomic mass is 10.1. The van der Waals surface area contributed by atoms with Crippen molar-refractivity contribution in [3.05, 3.63) is 130 Å². The summed E-state index contributed by atoms with van der Waals surface area (Å²) in [5.74, 6) is -0.826. The second kappa shape index (κ2) is 11.6. The molecule has 2 N–H and O–H groups in total. The smallest absolute Gasteiger partial charge is 0.343 e. The normalized spacial score (nSPS) is 10.6. The van der Waals surface area contributed by atoms with Crippen LogP contribution >= 0.6 is 0 Å². The number of anilines is 1. The quantitative estimate of drug-likeness (QED) is 0.154. The first-order chi connectivity index (χ1) is 17.9. The maximum atomic E-state index is 12.5. The molecule has 2 amide bonds. The van der Waals surface area contributed by atoms with E-state index in [1.807, 2.05) is 38.1 Å². The van der Waals surface area contributed by atoms with Crippen molar-refractivity contribution in [3.8, 4) is 5.75 Å². The number of para-hydroxylation sites is 1. The molecule has 0 heterocycles. The number of amides is 2. The van der Waals surface area contributed by atoms with E-state index < -0.39 is 11.9 Å². The predicted molar refractivity (Wildman–Crippen MR) is 143 cm³/mol. The highest BCUT2D eigenvalue weighted by atomic mass is 16.5. The molecular weight excluding hydrogens is 466 g/mol. The monoisotopic (exact) mass is 491 g/mol. The molecule has 4 rings (SSSR count). The minimum Gasteiger partial charge on any atom is -0.422 e. The summed E-state index contributed by atoms with van der Waals surface area (Å²) in [5, 5.41) is 6.81. The molecule has 0 saturated heterocycles.